The van der Waals surface area contributed by atoms with Crippen molar-refractivity contribution in [2.24, 2.45) is 0 Å². The molecule has 0 fully saturated rings. The Morgan fingerprint density at radius 2 is 1.96 bits per heavy atom. The summed E-state index contributed by atoms with van der Waals surface area (Å²) >= 11 is 0. The zero-order valence-corrected chi connectivity index (χ0v) is 14.2. The van der Waals surface area contributed by atoms with Crippen molar-refractivity contribution in [2.75, 3.05) is 13.7 Å². The summed E-state index contributed by atoms with van der Waals surface area (Å²) in [5, 5.41) is 0. The van der Waals surface area contributed by atoms with Crippen molar-refractivity contribution < 1.29 is 23.0 Å². The molecule has 0 saturated heterocycles. The predicted octanol–water partition coefficient (Wildman–Crippen LogP) is 4.41. The number of aldehydes is 1. The van der Waals surface area contributed by atoms with Crippen LogP contribution in [-0.2, 0) is 6.42 Å². The number of allylic oxidation sites excluding steroid dienone is 1. The van der Waals surface area contributed by atoms with Gasteiger partial charge in [-0.1, -0.05) is 42.3 Å². The van der Waals surface area contributed by atoms with Gasteiger partial charge >= 0.3 is 0 Å². The molecule has 134 valence electrons. The van der Waals surface area contributed by atoms with Crippen LogP contribution in [0, 0.1) is 12.3 Å². The molecule has 2 rings (SSSR count). The average molecular weight is 356 g/mol. The standard InChI is InChI=1S/C21H18F2O3/c1-3-12-26-20-13-16(8-9-19(20)25-2)10-11-21(22,23)14-17-6-4-5-7-18(17)15-24/h1,4-11,13,15H,12,14H2,2H3/b11-10+. The number of alkyl halides is 2. The van der Waals surface area contributed by atoms with E-state index in [-0.39, 0.29) is 12.2 Å². The lowest BCUT2D eigenvalue weighted by molar-refractivity contribution is 0.0565. The van der Waals surface area contributed by atoms with Crippen LogP contribution in [0.15, 0.2) is 48.5 Å². The van der Waals surface area contributed by atoms with Crippen LogP contribution in [0.2, 0.25) is 0 Å². The molecule has 3 nitrogen and oxygen atoms in total. The Kier molecular flexibility index (Phi) is 6.51. The molecule has 0 amide bonds. The molecular weight excluding hydrogens is 338 g/mol. The Labute approximate surface area is 151 Å². The fourth-order valence-corrected chi connectivity index (χ4v) is 2.37. The third-order valence-corrected chi connectivity index (χ3v) is 3.63. The Bertz CT molecular complexity index is 835. The first kappa shape index (κ1) is 19.2. The Balaban J connectivity index is 2.19. The zero-order valence-electron chi connectivity index (χ0n) is 14.2. The van der Waals surface area contributed by atoms with Crippen LogP contribution in [0.25, 0.3) is 6.08 Å². The summed E-state index contributed by atoms with van der Waals surface area (Å²) in [5.41, 5.74) is 1.07. The fraction of sp³-hybridized carbons (Fsp3) is 0.190. The van der Waals surface area contributed by atoms with Gasteiger partial charge in [0.15, 0.2) is 11.5 Å². The lowest BCUT2D eigenvalue weighted by atomic mass is 10.0. The average Bonchev–Trinajstić information content (AvgIpc) is 2.65. The first-order valence-corrected chi connectivity index (χ1v) is 7.83. The Hall–Kier alpha value is -3.13. The van der Waals surface area contributed by atoms with E-state index in [9.17, 15) is 13.6 Å². The van der Waals surface area contributed by atoms with Gasteiger partial charge in [0.1, 0.15) is 12.9 Å². The Morgan fingerprint density at radius 1 is 1.19 bits per heavy atom. The minimum atomic E-state index is -3.11. The van der Waals surface area contributed by atoms with E-state index in [0.717, 1.165) is 6.08 Å². The van der Waals surface area contributed by atoms with Crippen molar-refractivity contribution in [1.29, 1.82) is 0 Å². The van der Waals surface area contributed by atoms with E-state index in [0.29, 0.717) is 28.9 Å². The van der Waals surface area contributed by atoms with Gasteiger partial charge in [-0.2, -0.15) is 0 Å². The van der Waals surface area contributed by atoms with Crippen molar-refractivity contribution >= 4 is 12.4 Å². The summed E-state index contributed by atoms with van der Waals surface area (Å²) in [4.78, 5) is 11.0. The van der Waals surface area contributed by atoms with Gasteiger partial charge in [0.25, 0.3) is 5.92 Å². The normalized spacial score (nSPS) is 11.2. The third kappa shape index (κ3) is 5.18. The zero-order chi connectivity index (χ0) is 19.0. The Morgan fingerprint density at radius 3 is 2.65 bits per heavy atom. The number of halogens is 2. The van der Waals surface area contributed by atoms with Crippen LogP contribution >= 0.6 is 0 Å². The molecule has 0 heterocycles. The quantitative estimate of drug-likeness (QED) is 0.519. The van der Waals surface area contributed by atoms with Crippen LogP contribution in [0.5, 0.6) is 11.5 Å². The van der Waals surface area contributed by atoms with Crippen LogP contribution < -0.4 is 9.47 Å². The number of ether oxygens (including phenoxy) is 2. The predicted molar refractivity (Wildman–Crippen MR) is 96.8 cm³/mol. The van der Waals surface area contributed by atoms with Crippen LogP contribution in [0.1, 0.15) is 21.5 Å². The van der Waals surface area contributed by atoms with Crippen LogP contribution in [0.4, 0.5) is 8.78 Å². The highest BCUT2D eigenvalue weighted by atomic mass is 19.3. The highest BCUT2D eigenvalue weighted by Crippen LogP contribution is 2.30. The molecule has 0 saturated carbocycles. The first-order valence-electron chi connectivity index (χ1n) is 7.83. The summed E-state index contributed by atoms with van der Waals surface area (Å²) in [6.07, 6.45) is 7.29. The van der Waals surface area contributed by atoms with Gasteiger partial charge in [-0.15, -0.1) is 6.42 Å². The molecule has 26 heavy (non-hydrogen) atoms. The van der Waals surface area contributed by atoms with Crippen molar-refractivity contribution in [3.8, 4) is 23.8 Å². The largest absolute Gasteiger partial charge is 0.493 e. The van der Waals surface area contributed by atoms with Crippen molar-refractivity contribution in [3.63, 3.8) is 0 Å². The number of carbonyl (C=O) groups is 1. The van der Waals surface area contributed by atoms with Crippen molar-refractivity contribution in [1.82, 2.24) is 0 Å². The van der Waals surface area contributed by atoms with Gasteiger partial charge in [-0.25, -0.2) is 8.78 Å². The molecule has 0 aliphatic heterocycles. The summed E-state index contributed by atoms with van der Waals surface area (Å²) in [7, 11) is 1.48. The topological polar surface area (TPSA) is 35.5 Å². The monoisotopic (exact) mass is 356 g/mol. The smallest absolute Gasteiger partial charge is 0.270 e. The second kappa shape index (κ2) is 8.82. The molecule has 0 radical (unpaired) electrons. The van der Waals surface area contributed by atoms with E-state index < -0.39 is 12.3 Å². The maximum Gasteiger partial charge on any atom is 0.270 e. The number of benzene rings is 2. The van der Waals surface area contributed by atoms with Gasteiger partial charge in [0.05, 0.1) is 7.11 Å². The molecule has 5 heteroatoms. The minimum Gasteiger partial charge on any atom is -0.493 e. The molecule has 0 unspecified atom stereocenters. The van der Waals surface area contributed by atoms with E-state index in [2.05, 4.69) is 5.92 Å². The molecular formula is C21H18F2O3. The summed E-state index contributed by atoms with van der Waals surface area (Å²) in [5.74, 6) is 0.0640. The fourth-order valence-electron chi connectivity index (χ4n) is 2.37. The summed E-state index contributed by atoms with van der Waals surface area (Å²) < 4.78 is 39.1. The van der Waals surface area contributed by atoms with E-state index in [4.69, 9.17) is 15.9 Å². The molecule has 0 spiro atoms. The van der Waals surface area contributed by atoms with Gasteiger partial charge in [0, 0.05) is 12.0 Å². The number of carbonyl (C=O) groups excluding carboxylic acids is 1. The molecule has 0 aliphatic carbocycles. The molecule has 0 aromatic heterocycles. The van der Waals surface area contributed by atoms with Gasteiger partial charge in [-0.05, 0) is 29.3 Å². The summed E-state index contributed by atoms with van der Waals surface area (Å²) in [6.45, 7) is 0.0438. The molecule has 0 N–H and O–H groups in total. The second-order valence-corrected chi connectivity index (χ2v) is 5.49. The minimum absolute atomic E-state index is 0.0438. The highest BCUT2D eigenvalue weighted by Gasteiger charge is 2.26. The van der Waals surface area contributed by atoms with Crippen molar-refractivity contribution in [3.05, 3.63) is 65.2 Å². The molecule has 0 aliphatic rings. The SMILES string of the molecule is C#CCOc1cc(/C=C/C(F)(F)Cc2ccccc2C=O)ccc1OC. The van der Waals surface area contributed by atoms with E-state index in [1.165, 1.54) is 25.3 Å². The number of hydrogen-bond acceptors (Lipinski definition) is 3. The summed E-state index contributed by atoms with van der Waals surface area (Å²) in [6, 6.07) is 11.1. The van der Waals surface area contributed by atoms with Crippen LogP contribution in [0.3, 0.4) is 0 Å². The lowest BCUT2D eigenvalue weighted by Crippen LogP contribution is -2.17. The van der Waals surface area contributed by atoms with Gasteiger partial charge < -0.3 is 9.47 Å². The van der Waals surface area contributed by atoms with E-state index >= 15 is 0 Å². The maximum atomic E-state index is 14.3. The molecule has 0 atom stereocenters. The number of hydrogen-bond donors (Lipinski definition) is 0. The van der Waals surface area contributed by atoms with Gasteiger partial charge in [0.2, 0.25) is 0 Å². The van der Waals surface area contributed by atoms with E-state index in [1.54, 1.807) is 30.3 Å². The first-order chi connectivity index (χ1) is 12.5. The lowest BCUT2D eigenvalue weighted by Gasteiger charge is -2.13. The number of terminal acetylenes is 1. The number of rotatable bonds is 8. The second-order valence-electron chi connectivity index (χ2n) is 5.49. The van der Waals surface area contributed by atoms with Crippen molar-refractivity contribution in [2.45, 2.75) is 12.3 Å². The molecule has 0 bridgehead atoms. The highest BCUT2D eigenvalue weighted by molar-refractivity contribution is 5.77. The number of methoxy groups -OCH3 is 1. The molecule has 2 aromatic rings. The third-order valence-electron chi connectivity index (χ3n) is 3.63. The van der Waals surface area contributed by atoms with E-state index in [1.807, 2.05) is 0 Å². The van der Waals surface area contributed by atoms with Crippen LogP contribution in [-0.4, -0.2) is 25.9 Å². The molecule has 2 aromatic carbocycles. The maximum absolute atomic E-state index is 14.3. The van der Waals surface area contributed by atoms with Gasteiger partial charge in [-0.3, -0.25) is 4.79 Å².